The molecule has 104 valence electrons. The number of likely N-dealkylation sites (tertiary alicyclic amines) is 1. The molecule has 0 aromatic rings. The minimum atomic E-state index is -0.934. The maximum absolute atomic E-state index is 12.0. The largest absolute Gasteiger partial charge is 0.453 e. The standard InChI is InChI=1S/C15H21NO3/c1-11(7-10-16-8-5-6-9-16)13-12(2)18-15(3,4)19-14(13)17/h7,10H,2,5-6,8-9H2,1,3-4H3/b10-7+,13-11+. The van der Waals surface area contributed by atoms with Crippen molar-refractivity contribution in [2.45, 2.75) is 39.4 Å². The topological polar surface area (TPSA) is 38.8 Å². The van der Waals surface area contributed by atoms with Crippen LogP contribution >= 0.6 is 0 Å². The summed E-state index contributed by atoms with van der Waals surface area (Å²) in [5.41, 5.74) is 1.24. The number of cyclic esters (lactones) is 1. The van der Waals surface area contributed by atoms with Crippen LogP contribution in [0.5, 0.6) is 0 Å². The van der Waals surface area contributed by atoms with E-state index in [9.17, 15) is 4.79 Å². The van der Waals surface area contributed by atoms with Crippen molar-refractivity contribution >= 4 is 5.97 Å². The van der Waals surface area contributed by atoms with Crippen LogP contribution in [0.1, 0.15) is 33.6 Å². The van der Waals surface area contributed by atoms with Gasteiger partial charge >= 0.3 is 5.97 Å². The van der Waals surface area contributed by atoms with Crippen molar-refractivity contribution in [3.8, 4) is 0 Å². The van der Waals surface area contributed by atoms with Crippen LogP contribution in [-0.4, -0.2) is 29.7 Å². The highest BCUT2D eigenvalue weighted by molar-refractivity contribution is 5.94. The monoisotopic (exact) mass is 263 g/mol. The molecule has 19 heavy (non-hydrogen) atoms. The average Bonchev–Trinajstić information content (AvgIpc) is 2.76. The van der Waals surface area contributed by atoms with Gasteiger partial charge in [0.15, 0.2) is 0 Å². The summed E-state index contributed by atoms with van der Waals surface area (Å²) in [5, 5.41) is 0. The van der Waals surface area contributed by atoms with Crippen LogP contribution in [0.3, 0.4) is 0 Å². The summed E-state index contributed by atoms with van der Waals surface area (Å²) in [6.07, 6.45) is 6.41. The Hall–Kier alpha value is -1.71. The number of carbonyl (C=O) groups is 1. The normalized spacial score (nSPS) is 25.5. The highest BCUT2D eigenvalue weighted by Gasteiger charge is 2.36. The molecular formula is C15H21NO3. The van der Waals surface area contributed by atoms with Crippen LogP contribution in [0, 0.1) is 0 Å². The fraction of sp³-hybridized carbons (Fsp3) is 0.533. The lowest BCUT2D eigenvalue weighted by Crippen LogP contribution is -2.37. The molecule has 0 N–H and O–H groups in total. The molecule has 2 fully saturated rings. The SMILES string of the molecule is C=C1OC(C)(C)OC(=O)/C1=C(C)/C=C/N1CCCC1. The van der Waals surface area contributed by atoms with Crippen molar-refractivity contribution in [3.05, 3.63) is 35.8 Å². The van der Waals surface area contributed by atoms with E-state index in [1.165, 1.54) is 12.8 Å². The number of esters is 1. The molecule has 0 radical (unpaired) electrons. The third-order valence-electron chi connectivity index (χ3n) is 3.26. The van der Waals surface area contributed by atoms with E-state index in [1.54, 1.807) is 13.8 Å². The molecule has 2 saturated heterocycles. The Morgan fingerprint density at radius 2 is 1.95 bits per heavy atom. The predicted octanol–water partition coefficient (Wildman–Crippen LogP) is 2.74. The van der Waals surface area contributed by atoms with E-state index < -0.39 is 5.79 Å². The highest BCUT2D eigenvalue weighted by Crippen LogP contribution is 2.30. The maximum Gasteiger partial charge on any atom is 0.345 e. The fourth-order valence-electron chi connectivity index (χ4n) is 2.33. The van der Waals surface area contributed by atoms with Crippen molar-refractivity contribution in [1.29, 1.82) is 0 Å². The van der Waals surface area contributed by atoms with Crippen LogP contribution in [0.4, 0.5) is 0 Å². The van der Waals surface area contributed by atoms with Gasteiger partial charge in [0, 0.05) is 26.9 Å². The van der Waals surface area contributed by atoms with Gasteiger partial charge in [-0.1, -0.05) is 6.58 Å². The van der Waals surface area contributed by atoms with Gasteiger partial charge in [0.25, 0.3) is 0 Å². The van der Waals surface area contributed by atoms with Crippen molar-refractivity contribution < 1.29 is 14.3 Å². The van der Waals surface area contributed by atoms with E-state index >= 15 is 0 Å². The molecule has 2 aliphatic rings. The smallest absolute Gasteiger partial charge is 0.345 e. The highest BCUT2D eigenvalue weighted by atomic mass is 16.7. The first-order valence-corrected chi connectivity index (χ1v) is 6.64. The average molecular weight is 263 g/mol. The maximum atomic E-state index is 12.0. The summed E-state index contributed by atoms with van der Waals surface area (Å²) < 4.78 is 10.7. The first-order chi connectivity index (χ1) is 8.89. The number of allylic oxidation sites excluding steroid dienone is 2. The van der Waals surface area contributed by atoms with E-state index in [4.69, 9.17) is 9.47 Å². The number of nitrogens with zero attached hydrogens (tertiary/aromatic N) is 1. The summed E-state index contributed by atoms with van der Waals surface area (Å²) in [5.74, 6) is -0.925. The number of hydrogen-bond acceptors (Lipinski definition) is 4. The Labute approximate surface area is 114 Å². The second kappa shape index (κ2) is 5.11. The number of carbonyl (C=O) groups excluding carboxylic acids is 1. The summed E-state index contributed by atoms with van der Waals surface area (Å²) in [6, 6.07) is 0. The van der Waals surface area contributed by atoms with Gasteiger partial charge in [-0.3, -0.25) is 0 Å². The first kappa shape index (κ1) is 13.7. The molecule has 0 amide bonds. The summed E-state index contributed by atoms with van der Waals surface area (Å²) in [4.78, 5) is 14.2. The second-order valence-electron chi connectivity index (χ2n) is 5.43. The zero-order valence-corrected chi connectivity index (χ0v) is 11.9. The predicted molar refractivity (Wildman–Crippen MR) is 73.0 cm³/mol. The van der Waals surface area contributed by atoms with Crippen LogP contribution in [-0.2, 0) is 14.3 Å². The zero-order chi connectivity index (χ0) is 14.0. The van der Waals surface area contributed by atoms with Gasteiger partial charge in [0.05, 0.1) is 0 Å². The molecule has 0 atom stereocenters. The lowest BCUT2D eigenvalue weighted by Gasteiger charge is -2.33. The van der Waals surface area contributed by atoms with Crippen molar-refractivity contribution in [1.82, 2.24) is 4.90 Å². The van der Waals surface area contributed by atoms with Gasteiger partial charge in [-0.15, -0.1) is 0 Å². The van der Waals surface area contributed by atoms with Crippen LogP contribution in [0.2, 0.25) is 0 Å². The zero-order valence-electron chi connectivity index (χ0n) is 11.9. The van der Waals surface area contributed by atoms with Crippen molar-refractivity contribution in [2.75, 3.05) is 13.1 Å². The Bertz CT molecular complexity index is 432. The van der Waals surface area contributed by atoms with Crippen LogP contribution in [0.15, 0.2) is 35.8 Å². The van der Waals surface area contributed by atoms with E-state index in [-0.39, 0.29) is 5.97 Å². The summed E-state index contributed by atoms with van der Waals surface area (Å²) in [6.45, 7) is 11.2. The Morgan fingerprint density at radius 3 is 2.53 bits per heavy atom. The van der Waals surface area contributed by atoms with E-state index in [0.717, 1.165) is 18.7 Å². The second-order valence-corrected chi connectivity index (χ2v) is 5.43. The van der Waals surface area contributed by atoms with Crippen LogP contribution in [0.25, 0.3) is 0 Å². The molecule has 0 unspecified atom stereocenters. The molecule has 0 aliphatic carbocycles. The lowest BCUT2D eigenvalue weighted by molar-refractivity contribution is -0.208. The number of hydrogen-bond donors (Lipinski definition) is 0. The molecule has 0 saturated carbocycles. The molecule has 4 heteroatoms. The molecule has 0 bridgehead atoms. The van der Waals surface area contributed by atoms with Gasteiger partial charge in [0.1, 0.15) is 11.3 Å². The van der Waals surface area contributed by atoms with Gasteiger partial charge in [-0.25, -0.2) is 4.79 Å². The van der Waals surface area contributed by atoms with Crippen LogP contribution < -0.4 is 0 Å². The molecule has 2 heterocycles. The minimum absolute atomic E-state index is 0.371. The van der Waals surface area contributed by atoms with Gasteiger partial charge in [-0.05, 0) is 37.6 Å². The minimum Gasteiger partial charge on any atom is -0.453 e. The third-order valence-corrected chi connectivity index (χ3v) is 3.26. The molecule has 0 spiro atoms. The Balaban J connectivity index is 2.15. The quantitative estimate of drug-likeness (QED) is 0.567. The molecule has 0 aromatic heterocycles. The molecule has 2 aliphatic heterocycles. The fourth-order valence-corrected chi connectivity index (χ4v) is 2.33. The van der Waals surface area contributed by atoms with Gasteiger partial charge in [-0.2, -0.15) is 0 Å². The third kappa shape index (κ3) is 3.19. The molecule has 0 aromatic carbocycles. The lowest BCUT2D eigenvalue weighted by atomic mass is 10.1. The van der Waals surface area contributed by atoms with E-state index in [1.807, 2.05) is 19.2 Å². The molecule has 4 nitrogen and oxygen atoms in total. The summed E-state index contributed by atoms with van der Waals surface area (Å²) >= 11 is 0. The van der Waals surface area contributed by atoms with E-state index in [0.29, 0.717) is 11.3 Å². The van der Waals surface area contributed by atoms with Gasteiger partial charge < -0.3 is 14.4 Å². The van der Waals surface area contributed by atoms with Crippen molar-refractivity contribution in [3.63, 3.8) is 0 Å². The van der Waals surface area contributed by atoms with Gasteiger partial charge in [0.2, 0.25) is 5.79 Å². The molecular weight excluding hydrogens is 242 g/mol. The number of ether oxygens (including phenoxy) is 2. The Morgan fingerprint density at radius 1 is 1.32 bits per heavy atom. The van der Waals surface area contributed by atoms with Crippen molar-refractivity contribution in [2.24, 2.45) is 0 Å². The summed E-state index contributed by atoms with van der Waals surface area (Å²) in [7, 11) is 0. The number of rotatable bonds is 2. The van der Waals surface area contributed by atoms with E-state index in [2.05, 4.69) is 11.5 Å². The first-order valence-electron chi connectivity index (χ1n) is 6.64. The Kier molecular flexibility index (Phi) is 3.69. The molecule has 2 rings (SSSR count).